The average Bonchev–Trinajstić information content (AvgIpc) is 0.717. The van der Waals surface area contributed by atoms with Gasteiger partial charge in [-0.1, -0.05) is 408 Å². The predicted octanol–water partition coefficient (Wildman–Crippen LogP) is 39.4. The Balaban J connectivity index is 0.000000159. The number of benzene rings is 24. The number of nitrogens with zero attached hydrogens (tertiary/aromatic N) is 4. The van der Waals surface area contributed by atoms with E-state index in [4.69, 9.17) is 0 Å². The molecule has 4 nitrogen and oxygen atoms in total. The summed E-state index contributed by atoms with van der Waals surface area (Å²) in [5.41, 5.74) is 29.8. The van der Waals surface area contributed by atoms with Crippen LogP contribution in [0.3, 0.4) is 0 Å². The smallest absolute Gasteiger partial charge is 0.155 e. The Hall–Kier alpha value is -17.7. The van der Waals surface area contributed by atoms with Crippen molar-refractivity contribution < 1.29 is 17.6 Å². The molecule has 0 saturated carbocycles. The van der Waals surface area contributed by atoms with E-state index in [1.165, 1.54) is 0 Å². The summed E-state index contributed by atoms with van der Waals surface area (Å²) >= 11 is 0. The van der Waals surface area contributed by atoms with Gasteiger partial charge in [0.05, 0.1) is 45.5 Å². The third-order valence-electron chi connectivity index (χ3n) is 28.4. The SMILES string of the molecule is Cc1ccc(-c2ccc(N(c3ccccc3)c3ccc4ccc5c(N(c6ccccc6)c6ccc(-c7ccc(C)cc7)c(-c7ccc(C)cc7)c6F)ccc6ccc3c4c65)c(F)c2-c2ccc(C)cc2)cc1.Cc1cccc(-c2ccc(N(c3ccccc3)c3ccc4ccc5c(N(c6ccccc6)c6ccc(-c7cccc(C)c7)c(-c7cccc(C)c7)c6F)ccc6ccc3c4c65)c(F)c2-c2cccc(C)c2)c1. The fourth-order valence-electron chi connectivity index (χ4n) is 21.4. The maximum Gasteiger partial charge on any atom is 0.155 e. The molecule has 0 aliphatic rings. The second-order valence-electron chi connectivity index (χ2n) is 38.1. The van der Waals surface area contributed by atoms with Crippen LogP contribution in [0.25, 0.3) is 154 Å². The molecule has 0 aliphatic carbocycles. The van der Waals surface area contributed by atoms with Gasteiger partial charge in [-0.25, -0.2) is 17.6 Å². The number of halogens is 4. The zero-order valence-corrected chi connectivity index (χ0v) is 81.2. The van der Waals surface area contributed by atoms with Gasteiger partial charge in [0.2, 0.25) is 0 Å². The Morgan fingerprint density at radius 3 is 0.590 bits per heavy atom. The lowest BCUT2D eigenvalue weighted by molar-refractivity contribution is 0.632. The van der Waals surface area contributed by atoms with Crippen molar-refractivity contribution >= 4 is 133 Å². The molecule has 8 heteroatoms. The van der Waals surface area contributed by atoms with E-state index in [0.717, 1.165) is 221 Å². The highest BCUT2D eigenvalue weighted by atomic mass is 19.1. The molecular formula is C136H100F4N4. The van der Waals surface area contributed by atoms with E-state index in [2.05, 4.69) is 280 Å². The van der Waals surface area contributed by atoms with Crippen LogP contribution in [0.5, 0.6) is 0 Å². The number of hydrogen-bond acceptors (Lipinski definition) is 4. The molecule has 144 heavy (non-hydrogen) atoms. The predicted molar refractivity (Wildman–Crippen MR) is 600 cm³/mol. The molecule has 0 aromatic heterocycles. The van der Waals surface area contributed by atoms with Gasteiger partial charge < -0.3 is 19.6 Å². The summed E-state index contributed by atoms with van der Waals surface area (Å²) in [4.78, 5) is 8.25. The fraction of sp³-hybridized carbons (Fsp3) is 0.0588. The summed E-state index contributed by atoms with van der Waals surface area (Å²) in [6.45, 7) is 16.5. The van der Waals surface area contributed by atoms with Crippen molar-refractivity contribution in [1.82, 2.24) is 0 Å². The standard InChI is InChI=1S/2C68H50F2N2/c1-43-15-11-19-49(39-43)55-33-37-61(67(69)65(55)51-21-13-17-45(3)41-51)71(53-23-7-5-8-24-53)59-35-29-47-28-32-58-60(36-30-48-27-31-57(59)63(47)64(48)58)72(54-25-9-6-10-26-54)62-38-34-56(50-20-12-16-44(2)40-50)66(68(62)70)52-22-14-18-46(4)42-52;1-43-15-23-47(24-16-43)55-37-41-61(67(69)65(55)51-27-19-45(3)20-28-51)71(53-11-7-5-8-12-53)59-39-33-49-32-36-58-60(40-34-50-31-35-57(59)63(49)64(50)58)72(54-13-9-6-10-14-54)62-42-38-56(48-25-17-44(2)18-26-48)66(68(62)70)52-29-21-46(4)22-30-52/h2*5-42H,1-4H3. The molecule has 0 spiro atoms. The topological polar surface area (TPSA) is 13.0 Å². The normalized spacial score (nSPS) is 11.5. The lowest BCUT2D eigenvalue weighted by atomic mass is 9.90. The van der Waals surface area contributed by atoms with E-state index >= 15 is 17.6 Å². The molecule has 0 N–H and O–H groups in total. The Labute approximate surface area is 837 Å². The quantitative estimate of drug-likeness (QED) is 0.0557. The maximum atomic E-state index is 18.3. The minimum absolute atomic E-state index is 0.310. The van der Waals surface area contributed by atoms with Gasteiger partial charge in [0.1, 0.15) is 0 Å². The molecule has 0 fully saturated rings. The molecule has 0 heterocycles. The summed E-state index contributed by atoms with van der Waals surface area (Å²) in [5, 5.41) is 12.2. The first-order valence-corrected chi connectivity index (χ1v) is 49.1. The van der Waals surface area contributed by atoms with Crippen LogP contribution < -0.4 is 19.6 Å². The second kappa shape index (κ2) is 37.8. The highest BCUT2D eigenvalue weighted by Gasteiger charge is 2.33. The first kappa shape index (κ1) is 90.1. The third kappa shape index (κ3) is 16.5. The van der Waals surface area contributed by atoms with E-state index in [1.807, 2.05) is 257 Å². The number of aryl methyl sites for hydroxylation is 8. The van der Waals surface area contributed by atoms with E-state index < -0.39 is 0 Å². The van der Waals surface area contributed by atoms with Crippen LogP contribution in [0, 0.1) is 78.7 Å². The second-order valence-corrected chi connectivity index (χ2v) is 38.1. The molecule has 0 amide bonds. The molecule has 0 unspecified atom stereocenters. The molecule has 0 aliphatic heterocycles. The summed E-state index contributed by atoms with van der Waals surface area (Å²) in [6.07, 6.45) is 0. The zero-order chi connectivity index (χ0) is 98.1. The number of rotatable bonds is 20. The van der Waals surface area contributed by atoms with Crippen molar-refractivity contribution in [2.75, 3.05) is 19.6 Å². The van der Waals surface area contributed by atoms with Gasteiger partial charge in [-0.2, -0.15) is 0 Å². The van der Waals surface area contributed by atoms with Crippen LogP contribution in [0.15, 0.2) is 461 Å². The Morgan fingerprint density at radius 1 is 0.146 bits per heavy atom. The van der Waals surface area contributed by atoms with Gasteiger partial charge >= 0.3 is 0 Å². The average molecular weight is 1870 g/mol. The van der Waals surface area contributed by atoms with Crippen molar-refractivity contribution in [2.45, 2.75) is 55.4 Å². The van der Waals surface area contributed by atoms with Crippen LogP contribution in [0.4, 0.5) is 85.8 Å². The Kier molecular flexibility index (Phi) is 23.7. The fourth-order valence-corrected chi connectivity index (χ4v) is 21.4. The van der Waals surface area contributed by atoms with Gasteiger partial charge in [-0.15, -0.1) is 0 Å². The molecule has 0 radical (unpaired) electrons. The van der Waals surface area contributed by atoms with Crippen molar-refractivity contribution in [1.29, 1.82) is 0 Å². The number of hydrogen-bond donors (Lipinski definition) is 0. The molecule has 0 saturated heterocycles. The van der Waals surface area contributed by atoms with Crippen molar-refractivity contribution in [3.63, 3.8) is 0 Å². The first-order valence-electron chi connectivity index (χ1n) is 49.1. The van der Waals surface area contributed by atoms with Crippen molar-refractivity contribution in [2.24, 2.45) is 0 Å². The molecule has 24 aromatic carbocycles. The first-order chi connectivity index (χ1) is 70.4. The minimum atomic E-state index is -0.312. The van der Waals surface area contributed by atoms with Crippen molar-refractivity contribution in [3.05, 3.63) is 529 Å². The Bertz CT molecular complexity index is 8480. The summed E-state index contributed by atoms with van der Waals surface area (Å²) in [7, 11) is 0. The molecule has 24 rings (SSSR count). The summed E-state index contributed by atoms with van der Waals surface area (Å²) < 4.78 is 73.0. The van der Waals surface area contributed by atoms with Gasteiger partial charge in [0.15, 0.2) is 23.3 Å². The zero-order valence-electron chi connectivity index (χ0n) is 81.2. The summed E-state index contributed by atoms with van der Waals surface area (Å²) in [6, 6.07) is 156. The largest absolute Gasteiger partial charge is 0.307 e. The van der Waals surface area contributed by atoms with Crippen LogP contribution in [-0.4, -0.2) is 0 Å². The summed E-state index contributed by atoms with van der Waals surface area (Å²) in [5.74, 6) is -1.24. The highest BCUT2D eigenvalue weighted by molar-refractivity contribution is 6.30. The third-order valence-corrected chi connectivity index (χ3v) is 28.4. The molecular weight excluding hydrogens is 1770 g/mol. The Morgan fingerprint density at radius 2 is 0.347 bits per heavy atom. The molecule has 24 aromatic rings. The minimum Gasteiger partial charge on any atom is -0.307 e. The van der Waals surface area contributed by atoms with Gasteiger partial charge in [0, 0.05) is 66.5 Å². The van der Waals surface area contributed by atoms with E-state index in [0.29, 0.717) is 45.0 Å². The van der Waals surface area contributed by atoms with Gasteiger partial charge in [-0.3, -0.25) is 0 Å². The lowest BCUT2D eigenvalue weighted by Gasteiger charge is -2.30. The highest BCUT2D eigenvalue weighted by Crippen LogP contribution is 2.56. The van der Waals surface area contributed by atoms with Crippen LogP contribution in [-0.2, 0) is 0 Å². The number of anilines is 12. The molecule has 0 bridgehead atoms. The van der Waals surface area contributed by atoms with Crippen LogP contribution in [0.1, 0.15) is 44.5 Å². The monoisotopic (exact) mass is 1860 g/mol. The van der Waals surface area contributed by atoms with Gasteiger partial charge in [-0.05, 0) is 262 Å². The van der Waals surface area contributed by atoms with Crippen LogP contribution >= 0.6 is 0 Å². The molecule has 692 valence electrons. The van der Waals surface area contributed by atoms with E-state index in [9.17, 15) is 0 Å². The van der Waals surface area contributed by atoms with Crippen molar-refractivity contribution in [3.8, 4) is 89.0 Å². The van der Waals surface area contributed by atoms with E-state index in [1.54, 1.807) is 0 Å². The van der Waals surface area contributed by atoms with E-state index in [-0.39, 0.29) is 23.3 Å². The maximum absolute atomic E-state index is 18.3. The van der Waals surface area contributed by atoms with Crippen LogP contribution in [0.2, 0.25) is 0 Å². The number of para-hydroxylation sites is 4. The van der Waals surface area contributed by atoms with Gasteiger partial charge in [0.25, 0.3) is 0 Å². The molecule has 0 atom stereocenters. The lowest BCUT2D eigenvalue weighted by Crippen LogP contribution is -2.14.